The van der Waals surface area contributed by atoms with Crippen molar-refractivity contribution in [1.29, 1.82) is 0 Å². The van der Waals surface area contributed by atoms with E-state index < -0.39 is 5.97 Å². The Morgan fingerprint density at radius 3 is 2.67 bits per heavy atom. The Bertz CT molecular complexity index is 93.1. The maximum absolute atomic E-state index is 11.1. The number of carbonyl (C=O) groups excluding carboxylic acids is 1. The third kappa shape index (κ3) is 3.06. The van der Waals surface area contributed by atoms with Gasteiger partial charge in [-0.3, -0.25) is 4.94 Å². The molecule has 1 unspecified atom stereocenters. The molecule has 0 spiro atoms. The Kier molecular flexibility index (Phi) is 4.01. The molecule has 0 aromatic carbocycles. The number of carbonyl (C=O) groups is 1. The Hall–Kier alpha value is -0.600. The van der Waals surface area contributed by atoms with Crippen molar-refractivity contribution < 1.29 is 14.3 Å². The lowest BCUT2D eigenvalue weighted by Crippen LogP contribution is -2.10. The van der Waals surface area contributed by atoms with Gasteiger partial charge in [-0.05, 0) is 6.42 Å². The molecule has 0 aliphatic heterocycles. The zero-order chi connectivity index (χ0) is 7.28. The van der Waals surface area contributed by atoms with E-state index in [0.717, 1.165) is 6.42 Å². The summed E-state index contributed by atoms with van der Waals surface area (Å²) in [6, 6.07) is 0. The average molecular weight is 134 g/mol. The maximum atomic E-state index is 11.1. The molecule has 0 rings (SSSR count). The van der Waals surface area contributed by atoms with Crippen molar-refractivity contribution in [2.24, 2.45) is 5.92 Å². The second-order valence-corrected chi connectivity index (χ2v) is 2.09. The van der Waals surface area contributed by atoms with Crippen molar-refractivity contribution in [3.8, 4) is 0 Å². The largest absolute Gasteiger partial charge is 0.351 e. The molecule has 54 valence electrons. The normalized spacial score (nSPS) is 12.8. The maximum Gasteiger partial charge on any atom is 0.351 e. The fourth-order valence-electron chi connectivity index (χ4n) is 0.627. The first kappa shape index (κ1) is 8.40. The molecule has 2 nitrogen and oxygen atoms in total. The first-order valence-electron chi connectivity index (χ1n) is 3.04. The summed E-state index contributed by atoms with van der Waals surface area (Å²) in [6.07, 6.45) is 1.55. The average Bonchev–Trinajstić information content (AvgIpc) is 1.87. The summed E-state index contributed by atoms with van der Waals surface area (Å²) in [6.45, 7) is 3.58. The molecule has 1 atom stereocenters. The second-order valence-electron chi connectivity index (χ2n) is 2.09. The second kappa shape index (κ2) is 4.30. The predicted molar refractivity (Wildman–Crippen MR) is 31.3 cm³/mol. The van der Waals surface area contributed by atoms with Crippen molar-refractivity contribution in [2.45, 2.75) is 26.7 Å². The van der Waals surface area contributed by atoms with E-state index in [1.807, 2.05) is 6.92 Å². The van der Waals surface area contributed by atoms with Crippen LogP contribution in [0.4, 0.5) is 4.53 Å². The first-order valence-corrected chi connectivity index (χ1v) is 3.04. The molecule has 0 saturated heterocycles. The summed E-state index contributed by atoms with van der Waals surface area (Å²) in [5, 5.41) is 0. The number of rotatable bonds is 3. The summed E-state index contributed by atoms with van der Waals surface area (Å²) in [5.41, 5.74) is 0. The standard InChI is InChI=1S/C6H11FO2/c1-3-4-5(2)6(8)9-7/h5H,3-4H2,1-2H3. The van der Waals surface area contributed by atoms with Crippen LogP contribution in [0.25, 0.3) is 0 Å². The van der Waals surface area contributed by atoms with Crippen molar-refractivity contribution in [3.05, 3.63) is 0 Å². The minimum absolute atomic E-state index is 0.306. The van der Waals surface area contributed by atoms with Gasteiger partial charge in [0, 0.05) is 4.53 Å². The molecule has 0 N–H and O–H groups in total. The molecule has 0 saturated carbocycles. The highest BCUT2D eigenvalue weighted by molar-refractivity contribution is 5.71. The molecule has 0 aromatic rings. The van der Waals surface area contributed by atoms with Gasteiger partial charge in [-0.2, -0.15) is 0 Å². The molecule has 0 aliphatic rings. The number of hydrogen-bond acceptors (Lipinski definition) is 2. The fourth-order valence-corrected chi connectivity index (χ4v) is 0.627. The zero-order valence-corrected chi connectivity index (χ0v) is 5.69. The zero-order valence-electron chi connectivity index (χ0n) is 5.69. The van der Waals surface area contributed by atoms with Gasteiger partial charge < -0.3 is 0 Å². The number of hydrogen-bond donors (Lipinski definition) is 0. The van der Waals surface area contributed by atoms with Gasteiger partial charge in [-0.1, -0.05) is 20.3 Å². The van der Waals surface area contributed by atoms with E-state index >= 15 is 0 Å². The van der Waals surface area contributed by atoms with Crippen LogP contribution in [0.1, 0.15) is 26.7 Å². The summed E-state index contributed by atoms with van der Waals surface area (Å²) in [4.78, 5) is 13.3. The Balaban J connectivity index is 3.45. The summed E-state index contributed by atoms with van der Waals surface area (Å²) in [7, 11) is 0. The lowest BCUT2D eigenvalue weighted by Gasteiger charge is -2.01. The molecular formula is C6H11FO2. The van der Waals surface area contributed by atoms with Crippen molar-refractivity contribution >= 4 is 5.97 Å². The molecule has 0 aromatic heterocycles. The molecule has 0 heterocycles. The minimum Gasteiger partial charge on any atom is -0.255 e. The third-order valence-electron chi connectivity index (χ3n) is 1.20. The highest BCUT2D eigenvalue weighted by Crippen LogP contribution is 2.06. The Morgan fingerprint density at radius 1 is 1.78 bits per heavy atom. The molecule has 0 fully saturated rings. The van der Waals surface area contributed by atoms with E-state index in [4.69, 9.17) is 0 Å². The van der Waals surface area contributed by atoms with E-state index in [1.54, 1.807) is 6.92 Å². The minimum atomic E-state index is -0.767. The Labute approximate surface area is 53.9 Å². The molecule has 0 radical (unpaired) electrons. The van der Waals surface area contributed by atoms with Gasteiger partial charge in [0.2, 0.25) is 0 Å². The molecule has 9 heavy (non-hydrogen) atoms. The predicted octanol–water partition coefficient (Wildman–Crippen LogP) is 1.85. The van der Waals surface area contributed by atoms with Crippen LogP contribution in [0, 0.1) is 5.92 Å². The highest BCUT2D eigenvalue weighted by Gasteiger charge is 2.12. The van der Waals surface area contributed by atoms with E-state index in [-0.39, 0.29) is 5.92 Å². The van der Waals surface area contributed by atoms with Crippen LogP contribution in [0.3, 0.4) is 0 Å². The lowest BCUT2D eigenvalue weighted by atomic mass is 10.1. The van der Waals surface area contributed by atoms with Gasteiger partial charge in [0.05, 0.1) is 5.92 Å². The molecular weight excluding hydrogens is 123 g/mol. The van der Waals surface area contributed by atoms with Crippen LogP contribution >= 0.6 is 0 Å². The molecule has 0 aliphatic carbocycles. The topological polar surface area (TPSA) is 26.3 Å². The first-order chi connectivity index (χ1) is 4.22. The van der Waals surface area contributed by atoms with Crippen LogP contribution < -0.4 is 0 Å². The summed E-state index contributed by atoms with van der Waals surface area (Å²) < 4.78 is 11.1. The summed E-state index contributed by atoms with van der Waals surface area (Å²) >= 11 is 0. The lowest BCUT2D eigenvalue weighted by molar-refractivity contribution is -0.188. The van der Waals surface area contributed by atoms with Gasteiger partial charge in [0.1, 0.15) is 0 Å². The van der Waals surface area contributed by atoms with Gasteiger partial charge in [0.25, 0.3) is 0 Å². The van der Waals surface area contributed by atoms with Crippen LogP contribution in [0.2, 0.25) is 0 Å². The quantitative estimate of drug-likeness (QED) is 0.588. The van der Waals surface area contributed by atoms with Crippen LogP contribution in [-0.2, 0) is 9.74 Å². The van der Waals surface area contributed by atoms with Crippen molar-refractivity contribution in [3.63, 3.8) is 0 Å². The van der Waals surface area contributed by atoms with E-state index in [9.17, 15) is 9.32 Å². The van der Waals surface area contributed by atoms with E-state index in [2.05, 4.69) is 4.94 Å². The van der Waals surface area contributed by atoms with Gasteiger partial charge in [-0.15, -0.1) is 0 Å². The monoisotopic (exact) mass is 134 g/mol. The molecule has 0 amide bonds. The number of halogens is 1. The van der Waals surface area contributed by atoms with Gasteiger partial charge in [0.15, 0.2) is 0 Å². The smallest absolute Gasteiger partial charge is 0.255 e. The third-order valence-corrected chi connectivity index (χ3v) is 1.20. The Morgan fingerprint density at radius 2 is 2.33 bits per heavy atom. The van der Waals surface area contributed by atoms with Crippen LogP contribution in [-0.4, -0.2) is 5.97 Å². The highest BCUT2D eigenvalue weighted by atomic mass is 19.3. The van der Waals surface area contributed by atoms with Crippen molar-refractivity contribution in [2.75, 3.05) is 0 Å². The SMILES string of the molecule is CCCC(C)C(=O)OF. The molecule has 0 bridgehead atoms. The summed E-state index contributed by atoms with van der Waals surface area (Å²) in [5.74, 6) is -1.07. The van der Waals surface area contributed by atoms with Gasteiger partial charge >= 0.3 is 5.97 Å². The van der Waals surface area contributed by atoms with E-state index in [0.29, 0.717) is 6.42 Å². The van der Waals surface area contributed by atoms with Crippen molar-refractivity contribution in [1.82, 2.24) is 0 Å². The fraction of sp³-hybridized carbons (Fsp3) is 0.833. The van der Waals surface area contributed by atoms with E-state index in [1.165, 1.54) is 0 Å². The van der Waals surface area contributed by atoms with Crippen LogP contribution in [0.5, 0.6) is 0 Å². The molecule has 3 heteroatoms. The van der Waals surface area contributed by atoms with Crippen LogP contribution in [0.15, 0.2) is 0 Å². The van der Waals surface area contributed by atoms with Gasteiger partial charge in [-0.25, -0.2) is 4.79 Å².